The van der Waals surface area contributed by atoms with Gasteiger partial charge < -0.3 is 15.1 Å². The van der Waals surface area contributed by atoms with Crippen molar-refractivity contribution in [1.29, 1.82) is 0 Å². The molecule has 2 aromatic carbocycles. The number of anilines is 1. The maximum atomic E-state index is 14.0. The van der Waals surface area contributed by atoms with Crippen LogP contribution in [-0.2, 0) is 6.54 Å². The van der Waals surface area contributed by atoms with Gasteiger partial charge in [-0.15, -0.1) is 10.2 Å². The summed E-state index contributed by atoms with van der Waals surface area (Å²) < 4.78 is 27.0. The van der Waals surface area contributed by atoms with E-state index in [9.17, 15) is 18.4 Å². The van der Waals surface area contributed by atoms with Gasteiger partial charge in [-0.1, -0.05) is 24.3 Å². The molecule has 1 aliphatic rings. The second kappa shape index (κ2) is 9.51. The Hall–Kier alpha value is -3.88. The topological polar surface area (TPSA) is 78.4 Å². The fourth-order valence-electron chi connectivity index (χ4n) is 3.45. The number of rotatable bonds is 5. The molecule has 0 radical (unpaired) electrons. The van der Waals surface area contributed by atoms with E-state index in [0.29, 0.717) is 25.3 Å². The van der Waals surface area contributed by atoms with Gasteiger partial charge in [0.05, 0.1) is 12.2 Å². The molecule has 164 valence electrons. The van der Waals surface area contributed by atoms with Crippen LogP contribution >= 0.6 is 0 Å². The zero-order chi connectivity index (χ0) is 22.5. The SMILES string of the molecule is O=C(NCc1ccc(F)cc1)c1ccc(N2CCCN(C(=O)c3ccccc3F)C2)nn1. The van der Waals surface area contributed by atoms with Crippen LogP contribution in [0.3, 0.4) is 0 Å². The highest BCUT2D eigenvalue weighted by atomic mass is 19.1. The average molecular weight is 437 g/mol. The van der Waals surface area contributed by atoms with Gasteiger partial charge in [0.25, 0.3) is 11.8 Å². The van der Waals surface area contributed by atoms with Gasteiger partial charge in [0, 0.05) is 19.6 Å². The van der Waals surface area contributed by atoms with Crippen LogP contribution in [0.2, 0.25) is 0 Å². The summed E-state index contributed by atoms with van der Waals surface area (Å²) in [4.78, 5) is 28.4. The van der Waals surface area contributed by atoms with Gasteiger partial charge in [-0.05, 0) is 48.4 Å². The van der Waals surface area contributed by atoms with E-state index >= 15 is 0 Å². The van der Waals surface area contributed by atoms with Crippen molar-refractivity contribution in [1.82, 2.24) is 20.4 Å². The van der Waals surface area contributed by atoms with E-state index in [0.717, 1.165) is 5.56 Å². The number of amides is 2. The van der Waals surface area contributed by atoms with Crippen molar-refractivity contribution in [2.24, 2.45) is 0 Å². The lowest BCUT2D eigenvalue weighted by molar-refractivity contribution is 0.0728. The Morgan fingerprint density at radius 2 is 1.72 bits per heavy atom. The Morgan fingerprint density at radius 1 is 0.938 bits per heavy atom. The predicted molar refractivity (Wildman–Crippen MR) is 114 cm³/mol. The van der Waals surface area contributed by atoms with Crippen molar-refractivity contribution in [3.63, 3.8) is 0 Å². The minimum Gasteiger partial charge on any atom is -0.347 e. The molecule has 0 unspecified atom stereocenters. The van der Waals surface area contributed by atoms with Crippen molar-refractivity contribution in [3.05, 3.63) is 89.1 Å². The molecule has 0 saturated carbocycles. The molecule has 2 heterocycles. The van der Waals surface area contributed by atoms with Crippen molar-refractivity contribution < 1.29 is 18.4 Å². The number of hydrogen-bond donors (Lipinski definition) is 1. The molecule has 9 heteroatoms. The summed E-state index contributed by atoms with van der Waals surface area (Å²) in [6.45, 7) is 1.66. The van der Waals surface area contributed by atoms with Gasteiger partial charge in [0.1, 0.15) is 11.6 Å². The maximum Gasteiger partial charge on any atom is 0.272 e. The summed E-state index contributed by atoms with van der Waals surface area (Å²) >= 11 is 0. The molecule has 32 heavy (non-hydrogen) atoms. The number of halogens is 2. The third kappa shape index (κ3) is 4.88. The van der Waals surface area contributed by atoms with Crippen LogP contribution in [0.15, 0.2) is 60.7 Å². The van der Waals surface area contributed by atoms with E-state index in [4.69, 9.17) is 0 Å². The second-order valence-electron chi connectivity index (χ2n) is 7.39. The Balaban J connectivity index is 1.37. The minimum atomic E-state index is -0.551. The summed E-state index contributed by atoms with van der Waals surface area (Å²) in [7, 11) is 0. The standard InChI is InChI=1S/C23H21F2N5O2/c24-17-8-6-16(7-9-17)14-26-22(31)20-10-11-21(28-27-20)29-12-3-13-30(15-29)23(32)18-4-1-2-5-19(18)25/h1-2,4-11H,3,12-15H2,(H,26,31). The van der Waals surface area contributed by atoms with E-state index < -0.39 is 11.7 Å². The number of carbonyl (C=O) groups excluding carboxylic acids is 2. The predicted octanol–water partition coefficient (Wildman–Crippen LogP) is 2.99. The minimum absolute atomic E-state index is 0.0357. The maximum absolute atomic E-state index is 14.0. The number of benzene rings is 2. The lowest BCUT2D eigenvalue weighted by Gasteiger charge is -2.36. The van der Waals surface area contributed by atoms with Crippen LogP contribution in [-0.4, -0.2) is 46.7 Å². The van der Waals surface area contributed by atoms with Gasteiger partial charge in [-0.3, -0.25) is 9.59 Å². The molecule has 1 aliphatic heterocycles. The van der Waals surface area contributed by atoms with Gasteiger partial charge in [0.15, 0.2) is 11.5 Å². The normalized spacial score (nSPS) is 13.7. The highest BCUT2D eigenvalue weighted by Crippen LogP contribution is 2.18. The lowest BCUT2D eigenvalue weighted by atomic mass is 10.1. The van der Waals surface area contributed by atoms with Crippen LogP contribution in [0.5, 0.6) is 0 Å². The number of nitrogens with zero attached hydrogens (tertiary/aromatic N) is 4. The molecule has 7 nitrogen and oxygen atoms in total. The Labute approximate surface area is 183 Å². The summed E-state index contributed by atoms with van der Waals surface area (Å²) in [6.07, 6.45) is 0.696. The summed E-state index contributed by atoms with van der Waals surface area (Å²) in [6, 6.07) is 15.0. The van der Waals surface area contributed by atoms with E-state index in [1.165, 1.54) is 24.3 Å². The van der Waals surface area contributed by atoms with Gasteiger partial charge in [-0.2, -0.15) is 0 Å². The third-order valence-corrected chi connectivity index (χ3v) is 5.16. The Bertz CT molecular complexity index is 1110. The van der Waals surface area contributed by atoms with Crippen LogP contribution < -0.4 is 10.2 Å². The van der Waals surface area contributed by atoms with Crippen molar-refractivity contribution in [2.45, 2.75) is 13.0 Å². The highest BCUT2D eigenvalue weighted by molar-refractivity contribution is 5.94. The van der Waals surface area contributed by atoms with E-state index in [1.54, 1.807) is 41.3 Å². The summed E-state index contributed by atoms with van der Waals surface area (Å²) in [5.41, 5.74) is 0.943. The zero-order valence-corrected chi connectivity index (χ0v) is 17.2. The molecule has 1 fully saturated rings. The molecule has 1 saturated heterocycles. The monoisotopic (exact) mass is 437 g/mol. The molecule has 1 N–H and O–H groups in total. The van der Waals surface area contributed by atoms with Crippen LogP contribution in [0.25, 0.3) is 0 Å². The van der Waals surface area contributed by atoms with Crippen molar-refractivity contribution in [3.8, 4) is 0 Å². The van der Waals surface area contributed by atoms with Crippen LogP contribution in [0, 0.1) is 11.6 Å². The number of aromatic nitrogens is 2. The smallest absolute Gasteiger partial charge is 0.272 e. The van der Waals surface area contributed by atoms with E-state index in [1.807, 2.05) is 4.90 Å². The first-order chi connectivity index (χ1) is 15.5. The molecule has 0 spiro atoms. The first-order valence-corrected chi connectivity index (χ1v) is 10.2. The quantitative estimate of drug-likeness (QED) is 0.664. The third-order valence-electron chi connectivity index (χ3n) is 5.16. The fraction of sp³-hybridized carbons (Fsp3) is 0.217. The molecule has 0 bridgehead atoms. The molecular weight excluding hydrogens is 416 g/mol. The fourth-order valence-corrected chi connectivity index (χ4v) is 3.45. The largest absolute Gasteiger partial charge is 0.347 e. The molecule has 3 aromatic rings. The summed E-state index contributed by atoms with van der Waals surface area (Å²) in [5, 5.41) is 10.8. The van der Waals surface area contributed by atoms with Crippen molar-refractivity contribution in [2.75, 3.05) is 24.7 Å². The van der Waals surface area contributed by atoms with Crippen LogP contribution in [0.4, 0.5) is 14.6 Å². The molecule has 0 atom stereocenters. The zero-order valence-electron chi connectivity index (χ0n) is 17.2. The second-order valence-corrected chi connectivity index (χ2v) is 7.39. The first kappa shape index (κ1) is 21.4. The number of carbonyl (C=O) groups is 2. The first-order valence-electron chi connectivity index (χ1n) is 10.2. The number of nitrogens with one attached hydrogen (secondary N) is 1. The summed E-state index contributed by atoms with van der Waals surface area (Å²) in [5.74, 6) is -1.15. The molecular formula is C23H21F2N5O2. The molecule has 0 aliphatic carbocycles. The average Bonchev–Trinajstić information content (AvgIpc) is 2.83. The Morgan fingerprint density at radius 3 is 2.44 bits per heavy atom. The van der Waals surface area contributed by atoms with Gasteiger partial charge in [0.2, 0.25) is 0 Å². The van der Waals surface area contributed by atoms with Crippen LogP contribution in [0.1, 0.15) is 32.8 Å². The lowest BCUT2D eigenvalue weighted by Crippen LogP contribution is -2.48. The van der Waals surface area contributed by atoms with E-state index in [-0.39, 0.29) is 36.2 Å². The molecule has 4 rings (SSSR count). The van der Waals surface area contributed by atoms with Crippen molar-refractivity contribution >= 4 is 17.6 Å². The Kier molecular flexibility index (Phi) is 6.34. The molecule has 2 amide bonds. The van der Waals surface area contributed by atoms with Gasteiger partial charge in [-0.25, -0.2) is 8.78 Å². The van der Waals surface area contributed by atoms with Gasteiger partial charge >= 0.3 is 0 Å². The molecule has 1 aromatic heterocycles. The van der Waals surface area contributed by atoms with E-state index in [2.05, 4.69) is 15.5 Å². The highest BCUT2D eigenvalue weighted by Gasteiger charge is 2.25. The number of hydrogen-bond acceptors (Lipinski definition) is 5.